The van der Waals surface area contributed by atoms with E-state index in [0.29, 0.717) is 18.1 Å². The minimum Gasteiger partial charge on any atom is -0.383 e. The van der Waals surface area contributed by atoms with Crippen LogP contribution in [0.25, 0.3) is 0 Å². The maximum atomic E-state index is 5.46. The van der Waals surface area contributed by atoms with E-state index in [2.05, 4.69) is 24.1 Å². The van der Waals surface area contributed by atoms with Crippen LogP contribution in [0, 0.1) is 5.92 Å². The molecule has 3 nitrogen and oxygen atoms in total. The zero-order valence-electron chi connectivity index (χ0n) is 13.7. The Labute approximate surface area is 125 Å². The third kappa shape index (κ3) is 3.96. The first-order chi connectivity index (χ1) is 9.80. The van der Waals surface area contributed by atoms with E-state index >= 15 is 0 Å². The second kappa shape index (κ2) is 8.35. The molecule has 1 saturated heterocycles. The Morgan fingerprint density at radius 2 is 1.95 bits per heavy atom. The zero-order chi connectivity index (χ0) is 14.4. The number of ether oxygens (including phenoxy) is 1. The van der Waals surface area contributed by atoms with E-state index in [-0.39, 0.29) is 0 Å². The van der Waals surface area contributed by atoms with E-state index in [1.165, 1.54) is 51.5 Å². The van der Waals surface area contributed by atoms with Gasteiger partial charge in [0.25, 0.3) is 0 Å². The Kier molecular flexibility index (Phi) is 6.79. The minimum absolute atomic E-state index is 0.596. The van der Waals surface area contributed by atoms with Crippen LogP contribution in [0.5, 0.6) is 0 Å². The van der Waals surface area contributed by atoms with E-state index in [1.54, 1.807) is 0 Å². The maximum absolute atomic E-state index is 5.46. The molecule has 3 heteroatoms. The first-order valence-electron chi connectivity index (χ1n) is 8.78. The van der Waals surface area contributed by atoms with Gasteiger partial charge in [-0.15, -0.1) is 0 Å². The summed E-state index contributed by atoms with van der Waals surface area (Å²) in [6.45, 7) is 7.89. The van der Waals surface area contributed by atoms with Gasteiger partial charge in [-0.3, -0.25) is 4.90 Å². The molecule has 1 aliphatic heterocycles. The fourth-order valence-electron chi connectivity index (χ4n) is 4.16. The number of nitrogens with one attached hydrogen (secondary N) is 1. The number of rotatable bonds is 6. The first-order valence-corrected chi connectivity index (χ1v) is 8.78. The monoisotopic (exact) mass is 282 g/mol. The van der Waals surface area contributed by atoms with Gasteiger partial charge in [0, 0.05) is 38.3 Å². The number of piperazine rings is 1. The molecule has 0 spiro atoms. The van der Waals surface area contributed by atoms with Crippen LogP contribution in [0.4, 0.5) is 0 Å². The summed E-state index contributed by atoms with van der Waals surface area (Å²) in [5.41, 5.74) is 0. The van der Waals surface area contributed by atoms with Crippen molar-refractivity contribution in [1.82, 2.24) is 10.2 Å². The summed E-state index contributed by atoms with van der Waals surface area (Å²) in [5, 5.41) is 3.86. The van der Waals surface area contributed by atoms with E-state index < -0.39 is 0 Å². The van der Waals surface area contributed by atoms with Gasteiger partial charge in [0.15, 0.2) is 0 Å². The Morgan fingerprint density at radius 3 is 2.55 bits per heavy atom. The smallest absolute Gasteiger partial charge is 0.0618 e. The van der Waals surface area contributed by atoms with Crippen molar-refractivity contribution in [2.75, 3.05) is 26.8 Å². The molecule has 20 heavy (non-hydrogen) atoms. The molecule has 2 aliphatic rings. The highest BCUT2D eigenvalue weighted by atomic mass is 16.5. The zero-order valence-corrected chi connectivity index (χ0v) is 13.7. The van der Waals surface area contributed by atoms with Crippen LogP contribution in [0.15, 0.2) is 0 Å². The van der Waals surface area contributed by atoms with Crippen LogP contribution in [-0.2, 0) is 4.74 Å². The third-order valence-corrected chi connectivity index (χ3v) is 5.48. The molecule has 0 bridgehead atoms. The molecule has 0 aromatic heterocycles. The molecule has 1 heterocycles. The lowest BCUT2D eigenvalue weighted by molar-refractivity contribution is 0.0174. The van der Waals surface area contributed by atoms with Crippen molar-refractivity contribution in [3.8, 4) is 0 Å². The van der Waals surface area contributed by atoms with Crippen molar-refractivity contribution >= 4 is 0 Å². The highest BCUT2D eigenvalue weighted by Gasteiger charge is 2.34. The van der Waals surface area contributed by atoms with Crippen LogP contribution in [-0.4, -0.2) is 49.8 Å². The lowest BCUT2D eigenvalue weighted by Crippen LogP contribution is -2.61. The normalized spacial score (nSPS) is 31.4. The van der Waals surface area contributed by atoms with Gasteiger partial charge in [-0.1, -0.05) is 33.1 Å². The van der Waals surface area contributed by atoms with Gasteiger partial charge >= 0.3 is 0 Å². The molecule has 118 valence electrons. The van der Waals surface area contributed by atoms with E-state index in [0.717, 1.165) is 19.1 Å². The van der Waals surface area contributed by atoms with Crippen LogP contribution < -0.4 is 5.32 Å². The Balaban J connectivity index is 1.98. The quantitative estimate of drug-likeness (QED) is 0.810. The van der Waals surface area contributed by atoms with Crippen molar-refractivity contribution in [3.05, 3.63) is 0 Å². The average molecular weight is 282 g/mol. The van der Waals surface area contributed by atoms with Gasteiger partial charge in [-0.05, 0) is 31.6 Å². The molecular formula is C17H34N2O. The Bertz CT molecular complexity index is 266. The number of hydrogen-bond acceptors (Lipinski definition) is 3. The summed E-state index contributed by atoms with van der Waals surface area (Å²) in [7, 11) is 1.84. The van der Waals surface area contributed by atoms with Crippen LogP contribution in [0.3, 0.4) is 0 Å². The van der Waals surface area contributed by atoms with Crippen molar-refractivity contribution in [2.45, 2.75) is 76.9 Å². The van der Waals surface area contributed by atoms with E-state index in [9.17, 15) is 0 Å². The summed E-state index contributed by atoms with van der Waals surface area (Å²) >= 11 is 0. The number of nitrogens with zero attached hydrogens (tertiary/aromatic N) is 1. The molecule has 1 saturated carbocycles. The van der Waals surface area contributed by atoms with Crippen molar-refractivity contribution < 1.29 is 4.74 Å². The molecule has 0 amide bonds. The van der Waals surface area contributed by atoms with Gasteiger partial charge in [0.2, 0.25) is 0 Å². The fourth-order valence-corrected chi connectivity index (χ4v) is 4.16. The van der Waals surface area contributed by atoms with Gasteiger partial charge in [0.1, 0.15) is 0 Å². The fraction of sp³-hybridized carbons (Fsp3) is 1.00. The molecule has 2 rings (SSSR count). The average Bonchev–Trinajstić information content (AvgIpc) is 2.53. The van der Waals surface area contributed by atoms with Gasteiger partial charge < -0.3 is 10.1 Å². The Hall–Kier alpha value is -0.120. The van der Waals surface area contributed by atoms with Gasteiger partial charge in [-0.2, -0.15) is 0 Å². The van der Waals surface area contributed by atoms with Gasteiger partial charge in [0.05, 0.1) is 6.61 Å². The lowest BCUT2D eigenvalue weighted by atomic mass is 9.82. The van der Waals surface area contributed by atoms with Crippen molar-refractivity contribution in [3.63, 3.8) is 0 Å². The van der Waals surface area contributed by atoms with Crippen LogP contribution >= 0.6 is 0 Å². The molecular weight excluding hydrogens is 248 g/mol. The Morgan fingerprint density at radius 1 is 1.20 bits per heavy atom. The van der Waals surface area contributed by atoms with E-state index in [1.807, 2.05) is 7.11 Å². The van der Waals surface area contributed by atoms with Crippen molar-refractivity contribution in [2.24, 2.45) is 5.92 Å². The molecule has 0 aromatic rings. The third-order valence-electron chi connectivity index (χ3n) is 5.48. The lowest BCUT2D eigenvalue weighted by Gasteiger charge is -2.47. The molecule has 3 unspecified atom stereocenters. The SMILES string of the molecule is CCC1CNC(C2CCCCC2)CN1C(CC)COC. The molecule has 1 aliphatic carbocycles. The highest BCUT2D eigenvalue weighted by molar-refractivity contribution is 4.92. The maximum Gasteiger partial charge on any atom is 0.0618 e. The van der Waals surface area contributed by atoms with E-state index in [4.69, 9.17) is 4.74 Å². The number of hydrogen-bond donors (Lipinski definition) is 1. The summed E-state index contributed by atoms with van der Waals surface area (Å²) in [4.78, 5) is 2.75. The molecule has 0 radical (unpaired) electrons. The summed E-state index contributed by atoms with van der Waals surface area (Å²) < 4.78 is 5.46. The topological polar surface area (TPSA) is 24.5 Å². The summed E-state index contributed by atoms with van der Waals surface area (Å²) in [6, 6.07) is 2.00. The second-order valence-corrected chi connectivity index (χ2v) is 6.69. The minimum atomic E-state index is 0.596. The summed E-state index contributed by atoms with van der Waals surface area (Å²) in [5.74, 6) is 0.907. The molecule has 1 N–H and O–H groups in total. The molecule has 0 aromatic carbocycles. The van der Waals surface area contributed by atoms with Crippen molar-refractivity contribution in [1.29, 1.82) is 0 Å². The highest BCUT2D eigenvalue weighted by Crippen LogP contribution is 2.29. The predicted molar refractivity (Wildman–Crippen MR) is 85.1 cm³/mol. The number of methoxy groups -OCH3 is 1. The summed E-state index contributed by atoms with van der Waals surface area (Å²) in [6.07, 6.45) is 9.63. The molecule has 2 fully saturated rings. The van der Waals surface area contributed by atoms with Gasteiger partial charge in [-0.25, -0.2) is 0 Å². The van der Waals surface area contributed by atoms with Crippen LogP contribution in [0.2, 0.25) is 0 Å². The molecule has 3 atom stereocenters. The van der Waals surface area contributed by atoms with Crippen LogP contribution in [0.1, 0.15) is 58.8 Å². The predicted octanol–water partition coefficient (Wildman–Crippen LogP) is 3.04. The second-order valence-electron chi connectivity index (χ2n) is 6.69. The largest absolute Gasteiger partial charge is 0.383 e. The standard InChI is InChI=1S/C17H34N2O/c1-4-15-11-18-17(14-9-7-6-8-10-14)12-19(15)16(5-2)13-20-3/h14-18H,4-13H2,1-3H3. The first kappa shape index (κ1) is 16.3.